The van der Waals surface area contributed by atoms with Crippen molar-refractivity contribution in [1.82, 2.24) is 15.1 Å². The van der Waals surface area contributed by atoms with Crippen LogP contribution in [0, 0.1) is 0 Å². The first-order chi connectivity index (χ1) is 12.2. The molecule has 2 heterocycles. The van der Waals surface area contributed by atoms with E-state index in [1.54, 1.807) is 4.90 Å². The molecule has 0 radical (unpaired) electrons. The Labute approximate surface area is 150 Å². The van der Waals surface area contributed by atoms with Crippen LogP contribution in [0.25, 0.3) is 0 Å². The van der Waals surface area contributed by atoms with Crippen LogP contribution < -0.4 is 10.2 Å². The number of amides is 1. The fraction of sp³-hybridized carbons (Fsp3) is 0.632. The average Bonchev–Trinajstić information content (AvgIpc) is 3.15. The van der Waals surface area contributed by atoms with Crippen molar-refractivity contribution in [2.45, 2.75) is 25.9 Å². The van der Waals surface area contributed by atoms with E-state index in [1.807, 2.05) is 0 Å². The quantitative estimate of drug-likeness (QED) is 0.880. The number of piperazine rings is 1. The van der Waals surface area contributed by atoms with Crippen LogP contribution in [0.4, 0.5) is 10.5 Å². The minimum absolute atomic E-state index is 0.224. The maximum atomic E-state index is 11.6. The van der Waals surface area contributed by atoms with Crippen molar-refractivity contribution in [2.75, 3.05) is 57.8 Å². The van der Waals surface area contributed by atoms with Gasteiger partial charge in [-0.15, -0.1) is 0 Å². The number of rotatable bonds is 5. The number of benzene rings is 1. The standard InChI is InChI=1S/C19H30N4O2/c1-3-21-10-12-22(13-11-21)18-7-5-4-6-16(18)14-20-17-8-9-23(15-17)19(24)25-2/h4-7,17,20H,3,8-15H2,1-2H3/t17-/m0/s1. The molecule has 2 fully saturated rings. The second-order valence-electron chi connectivity index (χ2n) is 6.83. The van der Waals surface area contributed by atoms with Crippen LogP contribution in [0.2, 0.25) is 0 Å². The number of likely N-dealkylation sites (tertiary alicyclic amines) is 1. The minimum Gasteiger partial charge on any atom is -0.453 e. The van der Waals surface area contributed by atoms with Crippen molar-refractivity contribution in [3.63, 3.8) is 0 Å². The summed E-state index contributed by atoms with van der Waals surface area (Å²) < 4.78 is 4.81. The molecule has 1 aromatic carbocycles. The molecule has 0 aromatic heterocycles. The molecule has 2 saturated heterocycles. The summed E-state index contributed by atoms with van der Waals surface area (Å²) in [6.07, 6.45) is 0.755. The van der Waals surface area contributed by atoms with Crippen LogP contribution in [-0.2, 0) is 11.3 Å². The molecule has 138 valence electrons. The molecule has 2 aliphatic rings. The molecule has 1 aromatic rings. The number of hydrogen-bond donors (Lipinski definition) is 1. The normalized spacial score (nSPS) is 21.6. The fourth-order valence-corrected chi connectivity index (χ4v) is 3.75. The molecule has 6 nitrogen and oxygen atoms in total. The molecule has 1 atom stereocenters. The van der Waals surface area contributed by atoms with E-state index in [2.05, 4.69) is 46.3 Å². The summed E-state index contributed by atoms with van der Waals surface area (Å²) in [7, 11) is 1.44. The van der Waals surface area contributed by atoms with Crippen LogP contribution in [0.15, 0.2) is 24.3 Å². The van der Waals surface area contributed by atoms with Gasteiger partial charge >= 0.3 is 6.09 Å². The number of anilines is 1. The van der Waals surface area contributed by atoms with Crippen LogP contribution in [-0.4, -0.2) is 74.9 Å². The number of hydrogen-bond acceptors (Lipinski definition) is 5. The Bertz CT molecular complexity index is 572. The summed E-state index contributed by atoms with van der Waals surface area (Å²) in [5, 5.41) is 3.62. The molecular formula is C19H30N4O2. The maximum Gasteiger partial charge on any atom is 0.409 e. The first-order valence-electron chi connectivity index (χ1n) is 9.32. The molecule has 0 aliphatic carbocycles. The Hall–Kier alpha value is -1.79. The zero-order valence-electron chi connectivity index (χ0n) is 15.4. The molecule has 1 amide bonds. The van der Waals surface area contributed by atoms with Crippen LogP contribution in [0.5, 0.6) is 0 Å². The number of nitrogens with one attached hydrogen (secondary N) is 1. The summed E-state index contributed by atoms with van der Waals surface area (Å²) in [4.78, 5) is 18.4. The number of carbonyl (C=O) groups excluding carboxylic acids is 1. The summed E-state index contributed by atoms with van der Waals surface area (Å²) in [5.41, 5.74) is 2.68. The molecule has 2 aliphatic heterocycles. The largest absolute Gasteiger partial charge is 0.453 e. The summed E-state index contributed by atoms with van der Waals surface area (Å²) in [6, 6.07) is 9.01. The van der Waals surface area contributed by atoms with Gasteiger partial charge < -0.3 is 24.8 Å². The number of ether oxygens (including phenoxy) is 1. The molecule has 6 heteroatoms. The SMILES string of the molecule is CCN1CCN(c2ccccc2CN[C@H]2CCN(C(=O)OC)C2)CC1. The Balaban J connectivity index is 1.56. The lowest BCUT2D eigenvalue weighted by atomic mass is 10.1. The second-order valence-corrected chi connectivity index (χ2v) is 6.83. The average molecular weight is 346 g/mol. The zero-order valence-corrected chi connectivity index (χ0v) is 15.4. The van der Waals surface area contributed by atoms with Gasteiger partial charge in [0.25, 0.3) is 0 Å². The molecule has 0 spiro atoms. The fourth-order valence-electron chi connectivity index (χ4n) is 3.75. The Kier molecular flexibility index (Phi) is 6.15. The summed E-state index contributed by atoms with van der Waals surface area (Å²) in [6.45, 7) is 10.1. The van der Waals surface area contributed by atoms with Crippen molar-refractivity contribution in [1.29, 1.82) is 0 Å². The monoisotopic (exact) mass is 346 g/mol. The van der Waals surface area contributed by atoms with Crippen LogP contribution in [0.3, 0.4) is 0 Å². The lowest BCUT2D eigenvalue weighted by Crippen LogP contribution is -2.46. The predicted octanol–water partition coefficient (Wildman–Crippen LogP) is 1.76. The van der Waals surface area contributed by atoms with Gasteiger partial charge in [-0.3, -0.25) is 0 Å². The molecule has 0 unspecified atom stereocenters. The third kappa shape index (κ3) is 4.44. The van der Waals surface area contributed by atoms with E-state index in [0.717, 1.165) is 58.8 Å². The Morgan fingerprint density at radius 2 is 1.96 bits per heavy atom. The molecule has 0 saturated carbocycles. The lowest BCUT2D eigenvalue weighted by molar-refractivity contribution is 0.132. The van der Waals surface area contributed by atoms with E-state index < -0.39 is 0 Å². The molecular weight excluding hydrogens is 316 g/mol. The molecule has 25 heavy (non-hydrogen) atoms. The van der Waals surface area contributed by atoms with Crippen molar-refractivity contribution >= 4 is 11.8 Å². The van der Waals surface area contributed by atoms with E-state index in [0.29, 0.717) is 6.04 Å². The summed E-state index contributed by atoms with van der Waals surface area (Å²) >= 11 is 0. The first kappa shape index (κ1) is 18.0. The highest BCUT2D eigenvalue weighted by Crippen LogP contribution is 2.22. The molecule has 0 bridgehead atoms. The van der Waals surface area contributed by atoms with Gasteiger partial charge in [0, 0.05) is 57.5 Å². The third-order valence-electron chi connectivity index (χ3n) is 5.35. The number of likely N-dealkylation sites (N-methyl/N-ethyl adjacent to an activating group) is 1. The van der Waals surface area contributed by atoms with Crippen molar-refractivity contribution < 1.29 is 9.53 Å². The maximum absolute atomic E-state index is 11.6. The lowest BCUT2D eigenvalue weighted by Gasteiger charge is -2.36. The van der Waals surface area contributed by atoms with E-state index in [1.165, 1.54) is 18.4 Å². The smallest absolute Gasteiger partial charge is 0.409 e. The van der Waals surface area contributed by atoms with Crippen molar-refractivity contribution in [3.8, 4) is 0 Å². The van der Waals surface area contributed by atoms with E-state index >= 15 is 0 Å². The number of nitrogens with zero attached hydrogens (tertiary/aromatic N) is 3. The van der Waals surface area contributed by atoms with Crippen molar-refractivity contribution in [3.05, 3.63) is 29.8 Å². The van der Waals surface area contributed by atoms with Crippen LogP contribution in [0.1, 0.15) is 18.9 Å². The highest BCUT2D eigenvalue weighted by atomic mass is 16.5. The molecule has 1 N–H and O–H groups in total. The van der Waals surface area contributed by atoms with Gasteiger partial charge in [0.1, 0.15) is 0 Å². The predicted molar refractivity (Wildman–Crippen MR) is 100.0 cm³/mol. The Morgan fingerprint density at radius 3 is 2.68 bits per heavy atom. The highest BCUT2D eigenvalue weighted by Gasteiger charge is 2.26. The zero-order chi connectivity index (χ0) is 17.6. The van der Waals surface area contributed by atoms with E-state index in [4.69, 9.17) is 4.74 Å². The van der Waals surface area contributed by atoms with Gasteiger partial charge in [-0.1, -0.05) is 25.1 Å². The number of carbonyl (C=O) groups is 1. The van der Waals surface area contributed by atoms with Gasteiger partial charge in [0.2, 0.25) is 0 Å². The van der Waals surface area contributed by atoms with E-state index in [-0.39, 0.29) is 6.09 Å². The van der Waals surface area contributed by atoms with Gasteiger partial charge in [0.15, 0.2) is 0 Å². The number of para-hydroxylation sites is 1. The van der Waals surface area contributed by atoms with Gasteiger partial charge in [-0.05, 0) is 24.6 Å². The van der Waals surface area contributed by atoms with Gasteiger partial charge in [0.05, 0.1) is 7.11 Å². The molecule has 3 rings (SSSR count). The minimum atomic E-state index is -0.224. The first-order valence-corrected chi connectivity index (χ1v) is 9.32. The second kappa shape index (κ2) is 8.54. The Morgan fingerprint density at radius 1 is 1.20 bits per heavy atom. The number of methoxy groups -OCH3 is 1. The highest BCUT2D eigenvalue weighted by molar-refractivity contribution is 5.67. The van der Waals surface area contributed by atoms with Gasteiger partial charge in [-0.2, -0.15) is 0 Å². The summed E-state index contributed by atoms with van der Waals surface area (Å²) in [5.74, 6) is 0. The van der Waals surface area contributed by atoms with Gasteiger partial charge in [-0.25, -0.2) is 4.79 Å². The topological polar surface area (TPSA) is 48.0 Å². The third-order valence-corrected chi connectivity index (χ3v) is 5.35. The van der Waals surface area contributed by atoms with Crippen molar-refractivity contribution in [2.24, 2.45) is 0 Å². The van der Waals surface area contributed by atoms with E-state index in [9.17, 15) is 4.79 Å². The van der Waals surface area contributed by atoms with Crippen LogP contribution >= 0.6 is 0 Å².